The maximum atomic E-state index is 12.4. The summed E-state index contributed by atoms with van der Waals surface area (Å²) >= 11 is 1.47. The Kier molecular flexibility index (Phi) is 2.95. The summed E-state index contributed by atoms with van der Waals surface area (Å²) in [5.74, 6) is 0. The van der Waals surface area contributed by atoms with Gasteiger partial charge in [-0.2, -0.15) is 0 Å². The highest BCUT2D eigenvalue weighted by Crippen LogP contribution is 2.19. The van der Waals surface area contributed by atoms with E-state index in [1.165, 1.54) is 16.9 Å². The van der Waals surface area contributed by atoms with Gasteiger partial charge in [0.05, 0.1) is 18.4 Å². The Morgan fingerprint density at radius 2 is 2.00 bits per heavy atom. The van der Waals surface area contributed by atoms with Crippen molar-refractivity contribution in [3.8, 4) is 0 Å². The normalized spacial score (nSPS) is 11.1. The number of aryl methyl sites for hydroxylation is 2. The molecule has 3 rings (SSSR count). The van der Waals surface area contributed by atoms with Crippen LogP contribution < -0.4 is 5.56 Å². The van der Waals surface area contributed by atoms with E-state index < -0.39 is 0 Å². The summed E-state index contributed by atoms with van der Waals surface area (Å²) in [6.07, 6.45) is 1.65. The summed E-state index contributed by atoms with van der Waals surface area (Å²) in [6, 6.07) is 8.10. The topological polar surface area (TPSA) is 34.9 Å². The molecule has 0 saturated heterocycles. The second-order valence-corrected chi connectivity index (χ2v) is 5.58. The molecule has 0 N–H and O–H groups in total. The number of benzene rings is 1. The van der Waals surface area contributed by atoms with Crippen molar-refractivity contribution in [3.05, 3.63) is 63.0 Å². The SMILES string of the molecule is Cc1ccccc1Cn1cnc2c(C)csc2c1=O. The van der Waals surface area contributed by atoms with Gasteiger partial charge < -0.3 is 0 Å². The lowest BCUT2D eigenvalue weighted by molar-refractivity contribution is 0.746. The first-order valence-corrected chi connectivity index (χ1v) is 7.02. The monoisotopic (exact) mass is 270 g/mol. The van der Waals surface area contributed by atoms with Gasteiger partial charge in [-0.15, -0.1) is 11.3 Å². The number of hydrogen-bond acceptors (Lipinski definition) is 3. The Labute approximate surface area is 115 Å². The van der Waals surface area contributed by atoms with Crippen LogP contribution in [0.25, 0.3) is 10.2 Å². The Morgan fingerprint density at radius 3 is 2.79 bits per heavy atom. The highest BCUT2D eigenvalue weighted by molar-refractivity contribution is 7.17. The van der Waals surface area contributed by atoms with E-state index in [4.69, 9.17) is 0 Å². The van der Waals surface area contributed by atoms with E-state index >= 15 is 0 Å². The van der Waals surface area contributed by atoms with Crippen LogP contribution in [0.3, 0.4) is 0 Å². The highest BCUT2D eigenvalue weighted by Gasteiger charge is 2.09. The summed E-state index contributed by atoms with van der Waals surface area (Å²) in [7, 11) is 0. The standard InChI is InChI=1S/C15H14N2OS/c1-10-5-3-4-6-12(10)7-17-9-16-13-11(2)8-19-14(13)15(17)18/h3-6,8-9H,7H2,1-2H3. The number of aromatic nitrogens is 2. The molecule has 3 aromatic rings. The molecule has 0 aliphatic rings. The largest absolute Gasteiger partial charge is 0.294 e. The molecule has 0 aliphatic heterocycles. The number of rotatable bonds is 2. The van der Waals surface area contributed by atoms with E-state index in [0.717, 1.165) is 21.3 Å². The number of fused-ring (bicyclic) bond motifs is 1. The van der Waals surface area contributed by atoms with Gasteiger partial charge in [-0.1, -0.05) is 24.3 Å². The zero-order chi connectivity index (χ0) is 13.4. The van der Waals surface area contributed by atoms with Crippen LogP contribution in [-0.2, 0) is 6.54 Å². The molecule has 1 aromatic carbocycles. The summed E-state index contributed by atoms with van der Waals surface area (Å²) in [5.41, 5.74) is 4.29. The van der Waals surface area contributed by atoms with Crippen LogP contribution in [0.2, 0.25) is 0 Å². The minimum Gasteiger partial charge on any atom is -0.294 e. The van der Waals surface area contributed by atoms with E-state index in [-0.39, 0.29) is 5.56 Å². The molecule has 3 nitrogen and oxygen atoms in total. The smallest absolute Gasteiger partial charge is 0.271 e. The van der Waals surface area contributed by atoms with Crippen LogP contribution >= 0.6 is 11.3 Å². The summed E-state index contributed by atoms with van der Waals surface area (Å²) in [4.78, 5) is 16.8. The molecule has 0 bridgehead atoms. The van der Waals surface area contributed by atoms with E-state index in [0.29, 0.717) is 6.54 Å². The van der Waals surface area contributed by atoms with E-state index in [1.54, 1.807) is 10.9 Å². The van der Waals surface area contributed by atoms with Crippen molar-refractivity contribution < 1.29 is 0 Å². The molecular weight excluding hydrogens is 256 g/mol. The fourth-order valence-electron chi connectivity index (χ4n) is 2.14. The van der Waals surface area contributed by atoms with Crippen LogP contribution in [0.1, 0.15) is 16.7 Å². The third-order valence-electron chi connectivity index (χ3n) is 3.33. The van der Waals surface area contributed by atoms with Crippen molar-refractivity contribution in [3.63, 3.8) is 0 Å². The quantitative estimate of drug-likeness (QED) is 0.717. The molecule has 19 heavy (non-hydrogen) atoms. The first-order valence-electron chi connectivity index (χ1n) is 6.14. The molecule has 0 unspecified atom stereocenters. The van der Waals surface area contributed by atoms with Gasteiger partial charge in [0.2, 0.25) is 0 Å². The Bertz CT molecular complexity index is 801. The average Bonchev–Trinajstić information content (AvgIpc) is 2.78. The second kappa shape index (κ2) is 4.63. The average molecular weight is 270 g/mol. The molecule has 0 radical (unpaired) electrons. The Morgan fingerprint density at radius 1 is 1.21 bits per heavy atom. The molecule has 2 aromatic heterocycles. The minimum absolute atomic E-state index is 0.0475. The van der Waals surface area contributed by atoms with E-state index in [1.807, 2.05) is 30.5 Å². The number of nitrogens with zero attached hydrogens (tertiary/aromatic N) is 2. The molecule has 4 heteroatoms. The fraction of sp³-hybridized carbons (Fsp3) is 0.200. The zero-order valence-electron chi connectivity index (χ0n) is 10.9. The van der Waals surface area contributed by atoms with Gasteiger partial charge >= 0.3 is 0 Å². The van der Waals surface area contributed by atoms with Gasteiger partial charge in [-0.05, 0) is 35.9 Å². The molecule has 0 aliphatic carbocycles. The van der Waals surface area contributed by atoms with Crippen molar-refractivity contribution in [2.24, 2.45) is 0 Å². The van der Waals surface area contributed by atoms with Crippen LogP contribution in [0, 0.1) is 13.8 Å². The fourth-order valence-corrected chi connectivity index (χ4v) is 3.09. The van der Waals surface area contributed by atoms with Gasteiger partial charge in [-0.25, -0.2) is 4.98 Å². The van der Waals surface area contributed by atoms with Gasteiger partial charge in [0.1, 0.15) is 4.70 Å². The van der Waals surface area contributed by atoms with Crippen molar-refractivity contribution in [1.29, 1.82) is 0 Å². The van der Waals surface area contributed by atoms with Crippen LogP contribution in [0.15, 0.2) is 40.8 Å². The molecular formula is C15H14N2OS. The summed E-state index contributed by atoms with van der Waals surface area (Å²) < 4.78 is 2.43. The Balaban J connectivity index is 2.09. The van der Waals surface area contributed by atoms with Gasteiger partial charge in [0, 0.05) is 0 Å². The van der Waals surface area contributed by atoms with Crippen molar-refractivity contribution in [2.75, 3.05) is 0 Å². The van der Waals surface area contributed by atoms with Crippen molar-refractivity contribution in [2.45, 2.75) is 20.4 Å². The van der Waals surface area contributed by atoms with Gasteiger partial charge in [0.15, 0.2) is 0 Å². The third-order valence-corrected chi connectivity index (χ3v) is 4.40. The van der Waals surface area contributed by atoms with E-state index in [2.05, 4.69) is 18.0 Å². The molecule has 96 valence electrons. The molecule has 2 heterocycles. The van der Waals surface area contributed by atoms with Gasteiger partial charge in [0.25, 0.3) is 5.56 Å². The lowest BCUT2D eigenvalue weighted by Gasteiger charge is -2.08. The molecule has 0 fully saturated rings. The predicted molar refractivity (Wildman–Crippen MR) is 78.9 cm³/mol. The number of hydrogen-bond donors (Lipinski definition) is 0. The first kappa shape index (κ1) is 12.1. The third kappa shape index (κ3) is 2.08. The second-order valence-electron chi connectivity index (χ2n) is 4.70. The first-order chi connectivity index (χ1) is 9.16. The van der Waals surface area contributed by atoms with Crippen LogP contribution in [-0.4, -0.2) is 9.55 Å². The van der Waals surface area contributed by atoms with E-state index in [9.17, 15) is 4.79 Å². The van der Waals surface area contributed by atoms with Crippen molar-refractivity contribution >= 4 is 21.6 Å². The lowest BCUT2D eigenvalue weighted by Crippen LogP contribution is -2.20. The van der Waals surface area contributed by atoms with Crippen LogP contribution in [0.4, 0.5) is 0 Å². The molecule has 0 spiro atoms. The summed E-state index contributed by atoms with van der Waals surface area (Å²) in [6.45, 7) is 4.62. The molecule has 0 saturated carbocycles. The zero-order valence-corrected chi connectivity index (χ0v) is 11.7. The number of thiophene rings is 1. The minimum atomic E-state index is 0.0475. The molecule has 0 amide bonds. The van der Waals surface area contributed by atoms with Gasteiger partial charge in [-0.3, -0.25) is 9.36 Å². The maximum absolute atomic E-state index is 12.4. The van der Waals surface area contributed by atoms with Crippen LogP contribution in [0.5, 0.6) is 0 Å². The van der Waals surface area contributed by atoms with Crippen molar-refractivity contribution in [1.82, 2.24) is 9.55 Å². The Hall–Kier alpha value is -1.94. The predicted octanol–water partition coefficient (Wildman–Crippen LogP) is 3.12. The summed E-state index contributed by atoms with van der Waals surface area (Å²) in [5, 5.41) is 1.98. The molecule has 0 atom stereocenters. The lowest BCUT2D eigenvalue weighted by atomic mass is 10.1. The maximum Gasteiger partial charge on any atom is 0.271 e. The highest BCUT2D eigenvalue weighted by atomic mass is 32.1.